The summed E-state index contributed by atoms with van der Waals surface area (Å²) in [5.41, 5.74) is -0.0204. The smallest absolute Gasteiger partial charge is 0.191 e. The van der Waals surface area contributed by atoms with Crippen LogP contribution < -0.4 is 10.6 Å². The topological polar surface area (TPSA) is 66.0 Å². The molecule has 28 heavy (non-hydrogen) atoms. The second-order valence-electron chi connectivity index (χ2n) is 8.97. The van der Waals surface area contributed by atoms with Gasteiger partial charge < -0.3 is 15.4 Å². The molecular weight excluding hydrogens is 372 g/mol. The Kier molecular flexibility index (Phi) is 9.22. The fraction of sp³-hybridized carbons (Fsp3) is 0.952. The van der Waals surface area contributed by atoms with Crippen LogP contribution in [-0.2, 0) is 15.5 Å². The molecule has 0 bridgehead atoms. The Bertz CT molecular complexity index is 530. The molecule has 1 aliphatic heterocycles. The SMILES string of the molecule is CCNC(=NCC(C)(C)N1CC(C)OC(C)C1)NC1CCCC(S(=O)CC)C1. The number of hydrogen-bond acceptors (Lipinski definition) is 4. The lowest BCUT2D eigenvalue weighted by atomic mass is 9.95. The maximum Gasteiger partial charge on any atom is 0.191 e. The lowest BCUT2D eigenvalue weighted by Crippen LogP contribution is -2.56. The van der Waals surface area contributed by atoms with Gasteiger partial charge in [-0.1, -0.05) is 13.3 Å². The van der Waals surface area contributed by atoms with Gasteiger partial charge in [0.05, 0.1) is 18.8 Å². The molecule has 164 valence electrons. The largest absolute Gasteiger partial charge is 0.373 e. The van der Waals surface area contributed by atoms with Crippen LogP contribution in [0.1, 0.15) is 67.2 Å². The molecular formula is C21H42N4O2S. The fourth-order valence-electron chi connectivity index (χ4n) is 4.31. The summed E-state index contributed by atoms with van der Waals surface area (Å²) in [4.78, 5) is 7.43. The minimum absolute atomic E-state index is 0.0204. The van der Waals surface area contributed by atoms with Crippen molar-refractivity contribution in [2.45, 2.75) is 96.3 Å². The quantitative estimate of drug-likeness (QED) is 0.495. The first-order valence-corrected chi connectivity index (χ1v) is 12.5. The van der Waals surface area contributed by atoms with E-state index in [1.54, 1.807) is 0 Å². The minimum Gasteiger partial charge on any atom is -0.373 e. The molecule has 1 aliphatic carbocycles. The van der Waals surface area contributed by atoms with E-state index in [9.17, 15) is 4.21 Å². The molecule has 0 aromatic rings. The van der Waals surface area contributed by atoms with Crippen LogP contribution >= 0.6 is 0 Å². The average molecular weight is 415 g/mol. The third kappa shape index (κ3) is 6.99. The molecule has 2 aliphatic rings. The van der Waals surface area contributed by atoms with E-state index in [-0.39, 0.29) is 17.7 Å². The number of rotatable bonds is 7. The van der Waals surface area contributed by atoms with Crippen LogP contribution in [0.15, 0.2) is 4.99 Å². The summed E-state index contributed by atoms with van der Waals surface area (Å²) in [6.07, 6.45) is 4.86. The monoisotopic (exact) mass is 414 g/mol. The van der Waals surface area contributed by atoms with Crippen molar-refractivity contribution < 1.29 is 8.95 Å². The predicted octanol–water partition coefficient (Wildman–Crippen LogP) is 2.51. The first-order chi connectivity index (χ1) is 13.2. The molecule has 0 spiro atoms. The van der Waals surface area contributed by atoms with Gasteiger partial charge in [0, 0.05) is 53.0 Å². The van der Waals surface area contributed by atoms with Crippen LogP contribution in [0.4, 0.5) is 0 Å². The molecule has 2 fully saturated rings. The van der Waals surface area contributed by atoms with Crippen molar-refractivity contribution in [1.82, 2.24) is 15.5 Å². The Morgan fingerprint density at radius 2 is 1.89 bits per heavy atom. The number of aliphatic imine (C=N–C) groups is 1. The van der Waals surface area contributed by atoms with Gasteiger partial charge in [0.2, 0.25) is 0 Å². The molecule has 1 saturated carbocycles. The lowest BCUT2D eigenvalue weighted by Gasteiger charge is -2.44. The van der Waals surface area contributed by atoms with Gasteiger partial charge in [-0.2, -0.15) is 0 Å². The molecule has 5 unspecified atom stereocenters. The Morgan fingerprint density at radius 3 is 2.50 bits per heavy atom. The van der Waals surface area contributed by atoms with E-state index < -0.39 is 10.8 Å². The maximum atomic E-state index is 12.2. The Hall–Kier alpha value is -0.660. The van der Waals surface area contributed by atoms with E-state index in [0.29, 0.717) is 11.3 Å². The van der Waals surface area contributed by atoms with Gasteiger partial charge in [-0.15, -0.1) is 0 Å². The zero-order valence-electron chi connectivity index (χ0n) is 18.8. The van der Waals surface area contributed by atoms with Crippen molar-refractivity contribution in [2.24, 2.45) is 4.99 Å². The Morgan fingerprint density at radius 1 is 1.21 bits per heavy atom. The van der Waals surface area contributed by atoms with E-state index in [2.05, 4.69) is 50.2 Å². The molecule has 0 amide bonds. The predicted molar refractivity (Wildman–Crippen MR) is 120 cm³/mol. The van der Waals surface area contributed by atoms with Gasteiger partial charge in [0.1, 0.15) is 0 Å². The normalized spacial score (nSPS) is 31.4. The summed E-state index contributed by atoms with van der Waals surface area (Å²) < 4.78 is 18.1. The lowest BCUT2D eigenvalue weighted by molar-refractivity contribution is -0.0939. The Labute approximate surface area is 174 Å². The van der Waals surface area contributed by atoms with Crippen molar-refractivity contribution in [3.63, 3.8) is 0 Å². The molecule has 0 aromatic carbocycles. The third-order valence-electron chi connectivity index (χ3n) is 5.87. The van der Waals surface area contributed by atoms with Crippen molar-refractivity contribution in [1.29, 1.82) is 0 Å². The highest BCUT2D eigenvalue weighted by Gasteiger charge is 2.33. The zero-order valence-corrected chi connectivity index (χ0v) is 19.6. The molecule has 2 rings (SSSR count). The standard InChI is InChI=1S/C21H42N4O2S/c1-7-22-20(24-18-10-9-11-19(12-18)28(26)8-2)23-15-21(5,6)25-13-16(3)27-17(4)14-25/h16-19H,7-15H2,1-6H3,(H2,22,23,24). The summed E-state index contributed by atoms with van der Waals surface area (Å²) in [7, 11) is -0.700. The molecule has 1 saturated heterocycles. The van der Waals surface area contributed by atoms with Crippen LogP contribution in [0.3, 0.4) is 0 Å². The number of hydrogen-bond donors (Lipinski definition) is 2. The Balaban J connectivity index is 1.98. The van der Waals surface area contributed by atoms with E-state index in [1.807, 2.05) is 6.92 Å². The molecule has 0 aromatic heterocycles. The van der Waals surface area contributed by atoms with E-state index in [4.69, 9.17) is 9.73 Å². The number of nitrogens with one attached hydrogen (secondary N) is 2. The van der Waals surface area contributed by atoms with Gasteiger partial charge in [0.15, 0.2) is 5.96 Å². The number of guanidine groups is 1. The third-order valence-corrected chi connectivity index (χ3v) is 7.61. The second kappa shape index (κ2) is 10.9. The van der Waals surface area contributed by atoms with Crippen LogP contribution in [0.5, 0.6) is 0 Å². The van der Waals surface area contributed by atoms with Gasteiger partial charge in [-0.3, -0.25) is 14.1 Å². The van der Waals surface area contributed by atoms with E-state index in [1.165, 1.54) is 0 Å². The van der Waals surface area contributed by atoms with Crippen LogP contribution in [-0.4, -0.2) is 76.0 Å². The van der Waals surface area contributed by atoms with Crippen molar-refractivity contribution in [3.05, 3.63) is 0 Å². The summed E-state index contributed by atoms with van der Waals surface area (Å²) >= 11 is 0. The molecule has 0 radical (unpaired) electrons. The summed E-state index contributed by atoms with van der Waals surface area (Å²) in [5, 5.41) is 7.35. The highest BCUT2D eigenvalue weighted by Crippen LogP contribution is 2.24. The summed E-state index contributed by atoms with van der Waals surface area (Å²) in [6, 6.07) is 0.360. The van der Waals surface area contributed by atoms with Gasteiger partial charge in [0.25, 0.3) is 0 Å². The molecule has 2 N–H and O–H groups in total. The minimum atomic E-state index is -0.700. The van der Waals surface area contributed by atoms with Gasteiger partial charge >= 0.3 is 0 Å². The second-order valence-corrected chi connectivity index (χ2v) is 11.0. The van der Waals surface area contributed by atoms with Crippen molar-refractivity contribution in [3.8, 4) is 0 Å². The zero-order chi connectivity index (χ0) is 20.7. The van der Waals surface area contributed by atoms with E-state index in [0.717, 1.165) is 63.6 Å². The number of morpholine rings is 1. The maximum absolute atomic E-state index is 12.2. The summed E-state index contributed by atoms with van der Waals surface area (Å²) in [6.45, 7) is 16.4. The first-order valence-electron chi connectivity index (χ1n) is 11.1. The van der Waals surface area contributed by atoms with Crippen LogP contribution in [0.25, 0.3) is 0 Å². The van der Waals surface area contributed by atoms with Crippen LogP contribution in [0, 0.1) is 0 Å². The van der Waals surface area contributed by atoms with Crippen molar-refractivity contribution >= 4 is 16.8 Å². The van der Waals surface area contributed by atoms with E-state index >= 15 is 0 Å². The molecule has 6 nitrogen and oxygen atoms in total. The summed E-state index contributed by atoms with van der Waals surface area (Å²) in [5.74, 6) is 1.65. The number of ether oxygens (including phenoxy) is 1. The number of nitrogens with zero attached hydrogens (tertiary/aromatic N) is 2. The highest BCUT2D eigenvalue weighted by atomic mass is 32.2. The molecule has 7 heteroatoms. The fourth-order valence-corrected chi connectivity index (χ4v) is 5.66. The average Bonchev–Trinajstić information content (AvgIpc) is 2.65. The van der Waals surface area contributed by atoms with Gasteiger partial charge in [-0.25, -0.2) is 0 Å². The molecule has 5 atom stereocenters. The highest BCUT2D eigenvalue weighted by molar-refractivity contribution is 7.85. The van der Waals surface area contributed by atoms with Gasteiger partial charge in [-0.05, 0) is 53.9 Å². The molecule has 1 heterocycles. The van der Waals surface area contributed by atoms with Crippen LogP contribution in [0.2, 0.25) is 0 Å². The first kappa shape index (κ1) is 23.6. The van der Waals surface area contributed by atoms with Crippen molar-refractivity contribution in [2.75, 3.05) is 31.9 Å².